The average Bonchev–Trinajstić information content (AvgIpc) is 3.45. The molecule has 1 fully saturated rings. The number of nitrogens with zero attached hydrogens (tertiary/aromatic N) is 1. The van der Waals surface area contributed by atoms with Crippen LogP contribution in [0.25, 0.3) is 0 Å². The number of hydrogen-bond acceptors (Lipinski definition) is 4. The molecule has 1 aliphatic heterocycles. The number of aryl methyl sites for hydroxylation is 2. The van der Waals surface area contributed by atoms with Gasteiger partial charge in [-0.3, -0.25) is 9.59 Å². The minimum absolute atomic E-state index is 0.0207. The Balaban J connectivity index is 1.41. The number of methoxy groups -OCH3 is 2. The number of rotatable bonds is 7. The van der Waals surface area contributed by atoms with E-state index in [0.29, 0.717) is 11.5 Å². The minimum atomic E-state index is 0.0207. The third kappa shape index (κ3) is 4.07. The van der Waals surface area contributed by atoms with Gasteiger partial charge in [-0.2, -0.15) is 0 Å². The first-order chi connectivity index (χ1) is 14.6. The van der Waals surface area contributed by atoms with E-state index in [9.17, 15) is 9.59 Å². The summed E-state index contributed by atoms with van der Waals surface area (Å²) in [5, 5.41) is 0. The lowest BCUT2D eigenvalue weighted by atomic mass is 10.0. The van der Waals surface area contributed by atoms with E-state index in [1.807, 2.05) is 35.2 Å². The molecule has 30 heavy (non-hydrogen) atoms. The molecular weight excluding hydrogens is 378 g/mol. The topological polar surface area (TPSA) is 55.8 Å². The van der Waals surface area contributed by atoms with Gasteiger partial charge in [-0.05, 0) is 67.0 Å². The van der Waals surface area contributed by atoms with Crippen molar-refractivity contribution < 1.29 is 19.1 Å². The number of fused-ring (bicyclic) bond motifs is 1. The fourth-order valence-corrected chi connectivity index (χ4v) is 4.73. The monoisotopic (exact) mass is 407 g/mol. The van der Waals surface area contributed by atoms with Crippen LogP contribution >= 0.6 is 0 Å². The molecule has 0 radical (unpaired) electrons. The highest BCUT2D eigenvalue weighted by Gasteiger charge is 2.30. The summed E-state index contributed by atoms with van der Waals surface area (Å²) < 4.78 is 10.7. The van der Waals surface area contributed by atoms with Gasteiger partial charge < -0.3 is 14.4 Å². The van der Waals surface area contributed by atoms with E-state index in [2.05, 4.69) is 6.07 Å². The van der Waals surface area contributed by atoms with E-state index in [-0.39, 0.29) is 30.6 Å². The number of carbonyl (C=O) groups excluding carboxylic acids is 2. The number of ether oxygens (including phenoxy) is 2. The first-order valence-electron chi connectivity index (χ1n) is 10.8. The molecule has 2 aliphatic rings. The molecule has 0 N–H and O–H groups in total. The van der Waals surface area contributed by atoms with E-state index < -0.39 is 0 Å². The van der Waals surface area contributed by atoms with Crippen molar-refractivity contribution in [2.24, 2.45) is 0 Å². The van der Waals surface area contributed by atoms with Crippen LogP contribution in [0.5, 0.6) is 11.5 Å². The van der Waals surface area contributed by atoms with Crippen LogP contribution in [0, 0.1) is 0 Å². The molecule has 1 aliphatic carbocycles. The normalized spacial score (nSPS) is 17.7. The van der Waals surface area contributed by atoms with Crippen molar-refractivity contribution >= 4 is 11.7 Å². The van der Waals surface area contributed by atoms with Crippen LogP contribution in [0.2, 0.25) is 0 Å². The van der Waals surface area contributed by atoms with Crippen molar-refractivity contribution in [1.29, 1.82) is 0 Å². The maximum atomic E-state index is 12.9. The standard InChI is InChI=1S/C25H29NO4/c1-29-23-12-10-19(16-24(23)30-2)21-7-4-14-26(21)25(28)13-11-22(27)20-9-8-17-5-3-6-18(17)15-20/h8-10,12,15-16,21H,3-7,11,13-14H2,1-2H3/t21-/m1/s1. The summed E-state index contributed by atoms with van der Waals surface area (Å²) in [4.78, 5) is 27.5. The number of likely N-dealkylation sites (tertiary alicyclic amines) is 1. The van der Waals surface area contributed by atoms with E-state index in [0.717, 1.165) is 49.8 Å². The van der Waals surface area contributed by atoms with Crippen LogP contribution in [-0.2, 0) is 17.6 Å². The molecule has 158 valence electrons. The molecule has 0 spiro atoms. The second kappa shape index (κ2) is 8.90. The quantitative estimate of drug-likeness (QED) is 0.633. The van der Waals surface area contributed by atoms with Crippen molar-refractivity contribution in [3.8, 4) is 11.5 Å². The van der Waals surface area contributed by atoms with E-state index in [1.54, 1.807) is 14.2 Å². The lowest BCUT2D eigenvalue weighted by Crippen LogP contribution is -2.30. The van der Waals surface area contributed by atoms with Gasteiger partial charge in [-0.25, -0.2) is 0 Å². The van der Waals surface area contributed by atoms with Crippen LogP contribution in [0.4, 0.5) is 0 Å². The van der Waals surface area contributed by atoms with Gasteiger partial charge in [0.05, 0.1) is 20.3 Å². The highest BCUT2D eigenvalue weighted by Crippen LogP contribution is 2.37. The molecule has 1 heterocycles. The summed E-state index contributed by atoms with van der Waals surface area (Å²) in [6.45, 7) is 0.727. The number of ketones is 1. The molecular formula is C25H29NO4. The lowest BCUT2D eigenvalue weighted by Gasteiger charge is -2.25. The van der Waals surface area contributed by atoms with Gasteiger partial charge in [0.25, 0.3) is 0 Å². The summed E-state index contributed by atoms with van der Waals surface area (Å²) in [5.74, 6) is 1.44. The molecule has 2 aromatic rings. The van der Waals surface area contributed by atoms with Gasteiger partial charge in [-0.15, -0.1) is 0 Å². The summed E-state index contributed by atoms with van der Waals surface area (Å²) in [6.07, 6.45) is 5.71. The summed E-state index contributed by atoms with van der Waals surface area (Å²) in [7, 11) is 3.23. The Morgan fingerprint density at radius 3 is 2.53 bits per heavy atom. The molecule has 5 heteroatoms. The third-order valence-electron chi connectivity index (χ3n) is 6.35. The summed E-state index contributed by atoms with van der Waals surface area (Å²) >= 11 is 0. The Hall–Kier alpha value is -2.82. The fourth-order valence-electron chi connectivity index (χ4n) is 4.73. The van der Waals surface area contributed by atoms with E-state index >= 15 is 0 Å². The Labute approximate surface area is 178 Å². The second-order valence-corrected chi connectivity index (χ2v) is 8.12. The minimum Gasteiger partial charge on any atom is -0.493 e. The number of carbonyl (C=O) groups is 2. The molecule has 1 saturated heterocycles. The highest BCUT2D eigenvalue weighted by molar-refractivity contribution is 5.98. The largest absolute Gasteiger partial charge is 0.493 e. The molecule has 0 aromatic heterocycles. The number of hydrogen-bond donors (Lipinski definition) is 0. The molecule has 0 bridgehead atoms. The average molecular weight is 408 g/mol. The van der Waals surface area contributed by atoms with Crippen molar-refractivity contribution in [2.75, 3.05) is 20.8 Å². The zero-order valence-electron chi connectivity index (χ0n) is 17.8. The predicted molar refractivity (Wildman–Crippen MR) is 115 cm³/mol. The number of amides is 1. The Morgan fingerprint density at radius 2 is 1.73 bits per heavy atom. The van der Waals surface area contributed by atoms with Crippen molar-refractivity contribution in [1.82, 2.24) is 4.90 Å². The summed E-state index contributed by atoms with van der Waals surface area (Å²) in [6, 6.07) is 11.9. The van der Waals surface area contributed by atoms with Crippen LogP contribution < -0.4 is 9.47 Å². The third-order valence-corrected chi connectivity index (χ3v) is 6.35. The molecule has 2 aromatic carbocycles. The van der Waals surface area contributed by atoms with Crippen LogP contribution in [0.15, 0.2) is 36.4 Å². The zero-order chi connectivity index (χ0) is 21.1. The molecule has 5 nitrogen and oxygen atoms in total. The van der Waals surface area contributed by atoms with Gasteiger partial charge in [0, 0.05) is 24.9 Å². The maximum Gasteiger partial charge on any atom is 0.223 e. The molecule has 1 amide bonds. The maximum absolute atomic E-state index is 12.9. The van der Waals surface area contributed by atoms with Crippen molar-refractivity contribution in [2.45, 2.75) is 51.0 Å². The Morgan fingerprint density at radius 1 is 0.933 bits per heavy atom. The fraction of sp³-hybridized carbons (Fsp3) is 0.440. The SMILES string of the molecule is COc1ccc([C@H]2CCCN2C(=O)CCC(=O)c2ccc3c(c2)CCC3)cc1OC. The van der Waals surface area contributed by atoms with Gasteiger partial charge in [0.2, 0.25) is 5.91 Å². The summed E-state index contributed by atoms with van der Waals surface area (Å²) in [5.41, 5.74) is 4.43. The van der Waals surface area contributed by atoms with Gasteiger partial charge in [0.15, 0.2) is 17.3 Å². The predicted octanol–water partition coefficient (Wildman–Crippen LogP) is 4.52. The zero-order valence-corrected chi connectivity index (χ0v) is 17.8. The van der Waals surface area contributed by atoms with Crippen LogP contribution in [0.1, 0.15) is 65.2 Å². The smallest absolute Gasteiger partial charge is 0.223 e. The first-order valence-corrected chi connectivity index (χ1v) is 10.8. The van der Waals surface area contributed by atoms with Crippen LogP contribution in [-0.4, -0.2) is 37.4 Å². The number of Topliss-reactive ketones (excluding diaryl/α,β-unsaturated/α-hetero) is 1. The highest BCUT2D eigenvalue weighted by atomic mass is 16.5. The van der Waals surface area contributed by atoms with Gasteiger partial charge in [-0.1, -0.05) is 18.2 Å². The van der Waals surface area contributed by atoms with Gasteiger partial charge >= 0.3 is 0 Å². The number of benzene rings is 2. The first kappa shape index (κ1) is 20.5. The Kier molecular flexibility index (Phi) is 6.07. The van der Waals surface area contributed by atoms with Crippen molar-refractivity contribution in [3.63, 3.8) is 0 Å². The van der Waals surface area contributed by atoms with E-state index in [1.165, 1.54) is 11.1 Å². The van der Waals surface area contributed by atoms with Crippen molar-refractivity contribution in [3.05, 3.63) is 58.7 Å². The molecule has 0 saturated carbocycles. The lowest BCUT2D eigenvalue weighted by molar-refractivity contribution is -0.132. The van der Waals surface area contributed by atoms with Crippen LogP contribution in [0.3, 0.4) is 0 Å². The van der Waals surface area contributed by atoms with E-state index in [4.69, 9.17) is 9.47 Å². The molecule has 0 unspecified atom stereocenters. The molecule has 4 rings (SSSR count). The van der Waals surface area contributed by atoms with Gasteiger partial charge in [0.1, 0.15) is 0 Å². The molecule has 1 atom stereocenters. The second-order valence-electron chi connectivity index (χ2n) is 8.12. The Bertz CT molecular complexity index is 952.